The molecule has 25 heavy (non-hydrogen) atoms. The number of benzene rings is 2. The zero-order valence-corrected chi connectivity index (χ0v) is 12.9. The van der Waals surface area contributed by atoms with Crippen LogP contribution in [0.3, 0.4) is 0 Å². The molecule has 0 radical (unpaired) electrons. The van der Waals surface area contributed by atoms with Crippen molar-refractivity contribution in [2.45, 2.75) is 0 Å². The normalized spacial score (nSPS) is 11.1. The van der Waals surface area contributed by atoms with Gasteiger partial charge in [-0.05, 0) is 36.4 Å². The summed E-state index contributed by atoms with van der Waals surface area (Å²) >= 11 is 0. The Balaban J connectivity index is 1.92. The minimum Gasteiger partial charge on any atom is -0.478 e. The number of hydrogen-bond acceptors (Lipinski definition) is 3. The molecular weight excluding hydrogens is 321 g/mol. The first-order valence-electron chi connectivity index (χ1n) is 7.39. The summed E-state index contributed by atoms with van der Waals surface area (Å²) in [6.07, 6.45) is 1.47. The number of nitriles is 1. The second kappa shape index (κ2) is 6.85. The molecule has 0 unspecified atom stereocenters. The SMILES string of the molecule is N#C/C(=C/c1ccc(-c2ccc(C(=O)O)cc2)o1)c1ccccc1F. The van der Waals surface area contributed by atoms with E-state index in [4.69, 9.17) is 9.52 Å². The van der Waals surface area contributed by atoms with Crippen molar-refractivity contribution in [3.05, 3.63) is 83.4 Å². The van der Waals surface area contributed by atoms with Gasteiger partial charge in [-0.2, -0.15) is 5.26 Å². The van der Waals surface area contributed by atoms with Crippen molar-refractivity contribution in [1.82, 2.24) is 0 Å². The molecule has 3 aromatic rings. The lowest BCUT2D eigenvalue weighted by Crippen LogP contribution is -1.94. The van der Waals surface area contributed by atoms with Crippen LogP contribution in [0.15, 0.2) is 65.1 Å². The molecule has 2 aromatic carbocycles. The van der Waals surface area contributed by atoms with Gasteiger partial charge in [0.25, 0.3) is 0 Å². The van der Waals surface area contributed by atoms with E-state index in [9.17, 15) is 14.4 Å². The third-order valence-corrected chi connectivity index (χ3v) is 3.61. The first-order valence-corrected chi connectivity index (χ1v) is 7.39. The third-order valence-electron chi connectivity index (χ3n) is 3.61. The maximum atomic E-state index is 13.8. The molecule has 1 heterocycles. The summed E-state index contributed by atoms with van der Waals surface area (Å²) in [5, 5.41) is 18.2. The minimum atomic E-state index is -1.00. The van der Waals surface area contributed by atoms with E-state index in [0.717, 1.165) is 0 Å². The highest BCUT2D eigenvalue weighted by Crippen LogP contribution is 2.26. The van der Waals surface area contributed by atoms with Gasteiger partial charge >= 0.3 is 5.97 Å². The molecule has 0 aliphatic carbocycles. The van der Waals surface area contributed by atoms with Gasteiger partial charge in [-0.25, -0.2) is 9.18 Å². The van der Waals surface area contributed by atoms with E-state index in [2.05, 4.69) is 0 Å². The van der Waals surface area contributed by atoms with E-state index < -0.39 is 11.8 Å². The predicted molar refractivity (Wildman–Crippen MR) is 91.0 cm³/mol. The van der Waals surface area contributed by atoms with Crippen LogP contribution in [0.4, 0.5) is 4.39 Å². The fourth-order valence-electron chi connectivity index (χ4n) is 2.35. The highest BCUT2D eigenvalue weighted by molar-refractivity contribution is 5.89. The highest BCUT2D eigenvalue weighted by Gasteiger charge is 2.10. The Labute approximate surface area is 143 Å². The second-order valence-electron chi connectivity index (χ2n) is 5.23. The Morgan fingerprint density at radius 1 is 1.08 bits per heavy atom. The molecule has 0 aliphatic rings. The minimum absolute atomic E-state index is 0.153. The molecule has 0 spiro atoms. The van der Waals surface area contributed by atoms with Gasteiger partial charge in [-0.15, -0.1) is 0 Å². The molecule has 0 saturated carbocycles. The largest absolute Gasteiger partial charge is 0.478 e. The molecule has 5 heteroatoms. The quantitative estimate of drug-likeness (QED) is 0.693. The molecule has 122 valence electrons. The Kier molecular flexibility index (Phi) is 4.44. The van der Waals surface area contributed by atoms with Crippen LogP contribution in [0, 0.1) is 17.1 Å². The second-order valence-corrected chi connectivity index (χ2v) is 5.23. The van der Waals surface area contributed by atoms with E-state index >= 15 is 0 Å². The summed E-state index contributed by atoms with van der Waals surface area (Å²) in [7, 11) is 0. The summed E-state index contributed by atoms with van der Waals surface area (Å²) in [6.45, 7) is 0. The Hall–Kier alpha value is -3.65. The molecule has 0 bridgehead atoms. The van der Waals surface area contributed by atoms with Crippen LogP contribution in [0.5, 0.6) is 0 Å². The molecule has 0 amide bonds. The topological polar surface area (TPSA) is 74.2 Å². The van der Waals surface area contributed by atoms with Gasteiger partial charge in [0, 0.05) is 11.1 Å². The zero-order chi connectivity index (χ0) is 17.8. The van der Waals surface area contributed by atoms with E-state index in [-0.39, 0.29) is 16.7 Å². The van der Waals surface area contributed by atoms with Gasteiger partial charge in [0.1, 0.15) is 17.3 Å². The van der Waals surface area contributed by atoms with Gasteiger partial charge in [0.05, 0.1) is 17.2 Å². The molecule has 0 aliphatic heterocycles. The molecule has 0 fully saturated rings. The Bertz CT molecular complexity index is 994. The van der Waals surface area contributed by atoms with Crippen molar-refractivity contribution in [2.75, 3.05) is 0 Å². The Morgan fingerprint density at radius 3 is 2.44 bits per heavy atom. The van der Waals surface area contributed by atoms with Crippen LogP contribution >= 0.6 is 0 Å². The van der Waals surface area contributed by atoms with Gasteiger partial charge in [0.15, 0.2) is 0 Å². The van der Waals surface area contributed by atoms with Crippen LogP contribution in [-0.4, -0.2) is 11.1 Å². The molecule has 0 saturated heterocycles. The number of furan rings is 1. The fraction of sp³-hybridized carbons (Fsp3) is 0. The predicted octanol–water partition coefficient (Wildman–Crippen LogP) is 4.85. The number of hydrogen-bond donors (Lipinski definition) is 1. The number of rotatable bonds is 4. The average Bonchev–Trinajstić information content (AvgIpc) is 3.09. The van der Waals surface area contributed by atoms with E-state index in [1.807, 2.05) is 6.07 Å². The number of carboxylic acid groups (broad SMARTS) is 1. The molecule has 0 atom stereocenters. The van der Waals surface area contributed by atoms with Crippen LogP contribution in [-0.2, 0) is 0 Å². The lowest BCUT2D eigenvalue weighted by Gasteiger charge is -2.00. The van der Waals surface area contributed by atoms with Crippen LogP contribution in [0.2, 0.25) is 0 Å². The molecule has 4 nitrogen and oxygen atoms in total. The smallest absolute Gasteiger partial charge is 0.335 e. The zero-order valence-electron chi connectivity index (χ0n) is 12.9. The van der Waals surface area contributed by atoms with Crippen LogP contribution in [0.25, 0.3) is 23.0 Å². The lowest BCUT2D eigenvalue weighted by molar-refractivity contribution is 0.0697. The summed E-state index contributed by atoms with van der Waals surface area (Å²) in [5.41, 5.74) is 1.24. The summed E-state index contributed by atoms with van der Waals surface area (Å²) in [4.78, 5) is 10.9. The third kappa shape index (κ3) is 3.48. The highest BCUT2D eigenvalue weighted by atomic mass is 19.1. The van der Waals surface area contributed by atoms with E-state index in [1.54, 1.807) is 36.4 Å². The van der Waals surface area contributed by atoms with Gasteiger partial charge < -0.3 is 9.52 Å². The van der Waals surface area contributed by atoms with Gasteiger partial charge in [-0.3, -0.25) is 0 Å². The van der Waals surface area contributed by atoms with Crippen molar-refractivity contribution >= 4 is 17.6 Å². The van der Waals surface area contributed by atoms with E-state index in [1.165, 1.54) is 30.3 Å². The number of halogens is 1. The van der Waals surface area contributed by atoms with Gasteiger partial charge in [-0.1, -0.05) is 30.3 Å². The van der Waals surface area contributed by atoms with Crippen molar-refractivity contribution in [3.8, 4) is 17.4 Å². The molecule has 3 rings (SSSR count). The standard InChI is InChI=1S/C20H12FNO3/c21-18-4-2-1-3-17(18)15(12-22)11-16-9-10-19(25-16)13-5-7-14(8-6-13)20(23)24/h1-11H,(H,23,24)/b15-11-. The van der Waals surface area contributed by atoms with Gasteiger partial charge in [0.2, 0.25) is 0 Å². The maximum Gasteiger partial charge on any atom is 0.335 e. The van der Waals surface area contributed by atoms with Crippen molar-refractivity contribution in [3.63, 3.8) is 0 Å². The van der Waals surface area contributed by atoms with Crippen LogP contribution in [0.1, 0.15) is 21.7 Å². The van der Waals surface area contributed by atoms with Crippen LogP contribution < -0.4 is 0 Å². The maximum absolute atomic E-state index is 13.8. The molecule has 1 N–H and O–H groups in total. The number of carboxylic acids is 1. The van der Waals surface area contributed by atoms with Crippen molar-refractivity contribution in [1.29, 1.82) is 5.26 Å². The first-order chi connectivity index (χ1) is 12.1. The number of aromatic carboxylic acids is 1. The number of carbonyl (C=O) groups is 1. The summed E-state index contributed by atoms with van der Waals surface area (Å²) in [5.74, 6) is -0.560. The van der Waals surface area contributed by atoms with Crippen molar-refractivity contribution < 1.29 is 18.7 Å². The van der Waals surface area contributed by atoms with E-state index in [0.29, 0.717) is 17.1 Å². The monoisotopic (exact) mass is 333 g/mol. The summed E-state index contributed by atoms with van der Waals surface area (Å²) < 4.78 is 19.5. The average molecular weight is 333 g/mol. The lowest BCUT2D eigenvalue weighted by atomic mass is 10.1. The number of allylic oxidation sites excluding steroid dienone is 1. The molecule has 1 aromatic heterocycles. The van der Waals surface area contributed by atoms with Crippen molar-refractivity contribution in [2.24, 2.45) is 0 Å². The Morgan fingerprint density at radius 2 is 1.80 bits per heavy atom. The fourth-order valence-corrected chi connectivity index (χ4v) is 2.35. The summed E-state index contributed by atoms with van der Waals surface area (Å²) in [6, 6.07) is 17.6. The number of nitrogens with zero attached hydrogens (tertiary/aromatic N) is 1. The molecular formula is C20H12FNO3. The first kappa shape index (κ1) is 16.2.